The SMILES string of the molecule is CC(=O)C(C)C(=NCCc1ccccc1)Nc1ccccc1. The Labute approximate surface area is 132 Å². The van der Waals surface area contributed by atoms with Gasteiger partial charge in [0.25, 0.3) is 0 Å². The van der Waals surface area contributed by atoms with E-state index in [9.17, 15) is 4.79 Å². The summed E-state index contributed by atoms with van der Waals surface area (Å²) in [7, 11) is 0. The second kappa shape index (κ2) is 8.13. The lowest BCUT2D eigenvalue weighted by Crippen LogP contribution is -2.26. The zero-order valence-corrected chi connectivity index (χ0v) is 13.1. The van der Waals surface area contributed by atoms with Crippen molar-refractivity contribution >= 4 is 17.3 Å². The van der Waals surface area contributed by atoms with Crippen LogP contribution in [-0.2, 0) is 11.2 Å². The number of aliphatic imine (C=N–C) groups is 1. The van der Waals surface area contributed by atoms with Crippen LogP contribution in [0.15, 0.2) is 65.7 Å². The van der Waals surface area contributed by atoms with E-state index >= 15 is 0 Å². The van der Waals surface area contributed by atoms with Crippen LogP contribution in [0.3, 0.4) is 0 Å². The molecule has 1 atom stereocenters. The predicted molar refractivity (Wildman–Crippen MR) is 92.4 cm³/mol. The lowest BCUT2D eigenvalue weighted by Gasteiger charge is -2.15. The van der Waals surface area contributed by atoms with E-state index in [4.69, 9.17) is 0 Å². The van der Waals surface area contributed by atoms with Crippen LogP contribution in [0.5, 0.6) is 0 Å². The highest BCUT2D eigenvalue weighted by Crippen LogP contribution is 2.10. The Bertz CT molecular complexity index is 620. The topological polar surface area (TPSA) is 41.5 Å². The fourth-order valence-electron chi connectivity index (χ4n) is 2.10. The first-order chi connectivity index (χ1) is 10.7. The molecule has 3 heteroatoms. The summed E-state index contributed by atoms with van der Waals surface area (Å²) in [5.74, 6) is 0.618. The van der Waals surface area contributed by atoms with E-state index in [1.54, 1.807) is 6.92 Å². The number of hydrogen-bond acceptors (Lipinski definition) is 2. The molecule has 0 saturated heterocycles. The highest BCUT2D eigenvalue weighted by molar-refractivity contribution is 6.09. The van der Waals surface area contributed by atoms with Gasteiger partial charge in [-0.15, -0.1) is 0 Å². The molecule has 0 fully saturated rings. The number of nitrogens with one attached hydrogen (secondary N) is 1. The molecule has 0 aromatic heterocycles. The molecule has 2 rings (SSSR count). The molecule has 2 aromatic rings. The van der Waals surface area contributed by atoms with Crippen LogP contribution in [0.4, 0.5) is 5.69 Å². The van der Waals surface area contributed by atoms with Crippen molar-refractivity contribution in [2.24, 2.45) is 10.9 Å². The van der Waals surface area contributed by atoms with Gasteiger partial charge in [0.2, 0.25) is 0 Å². The van der Waals surface area contributed by atoms with Gasteiger partial charge in [0.1, 0.15) is 11.6 Å². The van der Waals surface area contributed by atoms with Crippen molar-refractivity contribution in [1.82, 2.24) is 0 Å². The van der Waals surface area contributed by atoms with Gasteiger partial charge in [0, 0.05) is 12.2 Å². The Morgan fingerprint density at radius 3 is 2.23 bits per heavy atom. The molecule has 0 saturated carbocycles. The Hall–Kier alpha value is -2.42. The van der Waals surface area contributed by atoms with Gasteiger partial charge in [-0.05, 0) is 38.0 Å². The summed E-state index contributed by atoms with van der Waals surface area (Å²) in [5.41, 5.74) is 2.20. The third-order valence-corrected chi connectivity index (χ3v) is 3.59. The van der Waals surface area contributed by atoms with Crippen LogP contribution in [0.2, 0.25) is 0 Å². The van der Waals surface area contributed by atoms with Crippen LogP contribution in [0, 0.1) is 5.92 Å². The number of nitrogens with zero attached hydrogens (tertiary/aromatic N) is 1. The first kappa shape index (κ1) is 16.0. The first-order valence-electron chi connectivity index (χ1n) is 7.57. The van der Waals surface area contributed by atoms with Crippen LogP contribution in [0.25, 0.3) is 0 Å². The molecule has 0 aliphatic carbocycles. The van der Waals surface area contributed by atoms with E-state index in [2.05, 4.69) is 22.4 Å². The number of carbonyl (C=O) groups is 1. The quantitative estimate of drug-likeness (QED) is 0.647. The van der Waals surface area contributed by atoms with E-state index in [1.165, 1.54) is 5.56 Å². The largest absolute Gasteiger partial charge is 0.343 e. The predicted octanol–water partition coefficient (Wildman–Crippen LogP) is 3.96. The van der Waals surface area contributed by atoms with Crippen molar-refractivity contribution < 1.29 is 4.79 Å². The van der Waals surface area contributed by atoms with E-state index < -0.39 is 0 Å². The average Bonchev–Trinajstić information content (AvgIpc) is 2.55. The van der Waals surface area contributed by atoms with Gasteiger partial charge in [-0.25, -0.2) is 0 Å². The van der Waals surface area contributed by atoms with Crippen LogP contribution in [0.1, 0.15) is 19.4 Å². The van der Waals surface area contributed by atoms with Gasteiger partial charge < -0.3 is 5.32 Å². The van der Waals surface area contributed by atoms with Crippen molar-refractivity contribution in [2.75, 3.05) is 11.9 Å². The van der Waals surface area contributed by atoms with Crippen LogP contribution >= 0.6 is 0 Å². The summed E-state index contributed by atoms with van der Waals surface area (Å²) in [5, 5.41) is 3.28. The highest BCUT2D eigenvalue weighted by atomic mass is 16.1. The standard InChI is InChI=1S/C19H22N2O/c1-15(16(2)22)19(21-18-11-7-4-8-12-18)20-14-13-17-9-5-3-6-10-17/h3-12,15H,13-14H2,1-2H3,(H,20,21). The van der Waals surface area contributed by atoms with Gasteiger partial charge in [0.15, 0.2) is 0 Å². The summed E-state index contributed by atoms with van der Waals surface area (Å²) in [4.78, 5) is 16.3. The van der Waals surface area contributed by atoms with Crippen LogP contribution < -0.4 is 5.32 Å². The monoisotopic (exact) mass is 294 g/mol. The van der Waals surface area contributed by atoms with Crippen molar-refractivity contribution in [2.45, 2.75) is 20.3 Å². The third kappa shape index (κ3) is 4.85. The Balaban J connectivity index is 2.06. The Morgan fingerprint density at radius 1 is 1.05 bits per heavy atom. The van der Waals surface area contributed by atoms with Gasteiger partial charge in [-0.1, -0.05) is 48.5 Å². The molecule has 0 radical (unpaired) electrons. The second-order valence-corrected chi connectivity index (χ2v) is 5.33. The molecule has 1 unspecified atom stereocenters. The van der Waals surface area contributed by atoms with Crippen molar-refractivity contribution in [3.63, 3.8) is 0 Å². The number of para-hydroxylation sites is 1. The third-order valence-electron chi connectivity index (χ3n) is 3.59. The van der Waals surface area contributed by atoms with Crippen molar-refractivity contribution in [1.29, 1.82) is 0 Å². The molecule has 0 bridgehead atoms. The second-order valence-electron chi connectivity index (χ2n) is 5.33. The lowest BCUT2D eigenvalue weighted by molar-refractivity contribution is -0.118. The number of amidine groups is 1. The molecule has 1 N–H and O–H groups in total. The molecule has 0 spiro atoms. The maximum Gasteiger partial charge on any atom is 0.140 e. The Kier molecular flexibility index (Phi) is 5.90. The fourth-order valence-corrected chi connectivity index (χ4v) is 2.10. The molecule has 0 aliphatic rings. The fraction of sp³-hybridized carbons (Fsp3) is 0.263. The Morgan fingerprint density at radius 2 is 1.64 bits per heavy atom. The van der Waals surface area contributed by atoms with Gasteiger partial charge >= 0.3 is 0 Å². The number of rotatable bonds is 6. The van der Waals surface area contributed by atoms with Gasteiger partial charge in [-0.2, -0.15) is 0 Å². The van der Waals surface area contributed by atoms with Gasteiger partial charge in [-0.3, -0.25) is 9.79 Å². The molecular formula is C19H22N2O. The zero-order chi connectivity index (χ0) is 15.8. The number of ketones is 1. The smallest absolute Gasteiger partial charge is 0.140 e. The summed E-state index contributed by atoms with van der Waals surface area (Å²) in [6.07, 6.45) is 0.867. The normalized spacial score (nSPS) is 12.7. The molecule has 114 valence electrons. The van der Waals surface area contributed by atoms with Crippen LogP contribution in [-0.4, -0.2) is 18.2 Å². The van der Waals surface area contributed by atoms with Crippen molar-refractivity contribution in [3.8, 4) is 0 Å². The first-order valence-corrected chi connectivity index (χ1v) is 7.57. The van der Waals surface area contributed by atoms with E-state index in [0.717, 1.165) is 17.9 Å². The molecule has 2 aromatic carbocycles. The molecule has 3 nitrogen and oxygen atoms in total. The summed E-state index contributed by atoms with van der Waals surface area (Å²) >= 11 is 0. The molecule has 0 amide bonds. The van der Waals surface area contributed by atoms with E-state index in [-0.39, 0.29) is 11.7 Å². The lowest BCUT2D eigenvalue weighted by atomic mass is 10.1. The van der Waals surface area contributed by atoms with E-state index in [1.807, 2.05) is 55.5 Å². The average molecular weight is 294 g/mol. The minimum Gasteiger partial charge on any atom is -0.343 e. The summed E-state index contributed by atoms with van der Waals surface area (Å²) in [6.45, 7) is 4.15. The van der Waals surface area contributed by atoms with E-state index in [0.29, 0.717) is 6.54 Å². The molecule has 0 aliphatic heterocycles. The summed E-state index contributed by atoms with van der Waals surface area (Å²) < 4.78 is 0. The number of Topliss-reactive ketones (excluding diaryl/α,β-unsaturated/α-hetero) is 1. The number of benzene rings is 2. The maximum atomic E-state index is 11.7. The molecule has 0 heterocycles. The summed E-state index contributed by atoms with van der Waals surface area (Å²) in [6, 6.07) is 20.1. The number of anilines is 1. The maximum absolute atomic E-state index is 11.7. The minimum absolute atomic E-state index is 0.113. The van der Waals surface area contributed by atoms with Gasteiger partial charge in [0.05, 0.1) is 5.92 Å². The molecular weight excluding hydrogens is 272 g/mol. The number of hydrogen-bond donors (Lipinski definition) is 1. The minimum atomic E-state index is -0.226. The number of carbonyl (C=O) groups excluding carboxylic acids is 1. The zero-order valence-electron chi connectivity index (χ0n) is 13.1. The molecule has 22 heavy (non-hydrogen) atoms. The van der Waals surface area contributed by atoms with Crippen molar-refractivity contribution in [3.05, 3.63) is 66.2 Å². The highest BCUT2D eigenvalue weighted by Gasteiger charge is 2.15.